The van der Waals surface area contributed by atoms with E-state index in [-0.39, 0.29) is 11.6 Å². The van der Waals surface area contributed by atoms with Crippen molar-refractivity contribution in [2.75, 3.05) is 0 Å². The van der Waals surface area contributed by atoms with E-state index in [0.717, 1.165) is 0 Å². The van der Waals surface area contributed by atoms with E-state index in [1.54, 1.807) is 13.2 Å². The van der Waals surface area contributed by atoms with E-state index in [4.69, 9.17) is 0 Å². The molecule has 0 aliphatic heterocycles. The van der Waals surface area contributed by atoms with E-state index >= 15 is 0 Å². The van der Waals surface area contributed by atoms with E-state index < -0.39 is 0 Å². The number of aromatic nitrogens is 2. The molecule has 0 aliphatic carbocycles. The molecule has 0 radical (unpaired) electrons. The van der Waals surface area contributed by atoms with Gasteiger partial charge in [0.05, 0.1) is 10.7 Å². The van der Waals surface area contributed by atoms with Gasteiger partial charge in [-0.3, -0.25) is 9.48 Å². The van der Waals surface area contributed by atoms with Crippen LogP contribution < -0.4 is 0 Å². The quantitative estimate of drug-likeness (QED) is 0.794. The summed E-state index contributed by atoms with van der Waals surface area (Å²) < 4.78 is 14.8. The van der Waals surface area contributed by atoms with Gasteiger partial charge in [0, 0.05) is 12.6 Å². The number of carbonyl (C=O) groups excluding carboxylic acids is 1. The highest BCUT2D eigenvalue weighted by molar-refractivity contribution is 9.10. The maximum Gasteiger partial charge on any atom is 0.212 e. The van der Waals surface area contributed by atoms with Crippen LogP contribution in [0, 0.1) is 5.82 Å². The van der Waals surface area contributed by atoms with Crippen LogP contribution in [0.2, 0.25) is 0 Å². The number of nitrogens with zero attached hydrogens (tertiary/aromatic N) is 2. The van der Waals surface area contributed by atoms with Crippen molar-refractivity contribution in [3.05, 3.63) is 52.0 Å². The summed E-state index contributed by atoms with van der Waals surface area (Å²) in [7, 11) is 1.68. The SMILES string of the molecule is Cn1ncc(Br)c1C(=O)c1ccc(F)cc1. The first-order chi connectivity index (χ1) is 7.59. The van der Waals surface area contributed by atoms with Gasteiger partial charge >= 0.3 is 0 Å². The lowest BCUT2D eigenvalue weighted by atomic mass is 10.1. The van der Waals surface area contributed by atoms with Crippen molar-refractivity contribution in [2.24, 2.45) is 7.05 Å². The topological polar surface area (TPSA) is 34.9 Å². The number of hydrogen-bond donors (Lipinski definition) is 0. The zero-order valence-corrected chi connectivity index (χ0v) is 10.0. The molecule has 0 saturated carbocycles. The second kappa shape index (κ2) is 4.17. The molecule has 82 valence electrons. The number of halogens is 2. The molecule has 0 N–H and O–H groups in total. The third kappa shape index (κ3) is 1.90. The molecule has 16 heavy (non-hydrogen) atoms. The standard InChI is InChI=1S/C11H8BrFN2O/c1-15-10(9(12)6-14-15)11(16)7-2-4-8(13)5-3-7/h2-6H,1H3. The Labute approximate surface area is 100 Å². The molecule has 1 heterocycles. The summed E-state index contributed by atoms with van der Waals surface area (Å²) >= 11 is 3.25. The van der Waals surface area contributed by atoms with Gasteiger partial charge in [0.1, 0.15) is 11.5 Å². The number of benzene rings is 1. The Hall–Kier alpha value is -1.49. The molecule has 2 aromatic rings. The van der Waals surface area contributed by atoms with Gasteiger partial charge in [-0.15, -0.1) is 0 Å². The predicted octanol–water partition coefficient (Wildman–Crippen LogP) is 2.55. The molecule has 0 aliphatic rings. The number of hydrogen-bond acceptors (Lipinski definition) is 2. The zero-order valence-electron chi connectivity index (χ0n) is 8.45. The van der Waals surface area contributed by atoms with Gasteiger partial charge in [-0.05, 0) is 40.2 Å². The first-order valence-electron chi connectivity index (χ1n) is 4.57. The third-order valence-electron chi connectivity index (χ3n) is 2.22. The summed E-state index contributed by atoms with van der Waals surface area (Å²) in [6.45, 7) is 0. The van der Waals surface area contributed by atoms with Crippen molar-refractivity contribution in [1.82, 2.24) is 9.78 Å². The van der Waals surface area contributed by atoms with Crippen LogP contribution in [0.3, 0.4) is 0 Å². The lowest BCUT2D eigenvalue weighted by Gasteiger charge is -2.02. The third-order valence-corrected chi connectivity index (χ3v) is 2.80. The van der Waals surface area contributed by atoms with Crippen LogP contribution in [-0.2, 0) is 7.05 Å². The van der Waals surface area contributed by atoms with Gasteiger partial charge in [0.15, 0.2) is 0 Å². The molecule has 2 rings (SSSR count). The highest BCUT2D eigenvalue weighted by Gasteiger charge is 2.16. The van der Waals surface area contributed by atoms with Gasteiger partial charge in [0.2, 0.25) is 5.78 Å². The second-order valence-electron chi connectivity index (χ2n) is 3.30. The van der Waals surface area contributed by atoms with Crippen molar-refractivity contribution in [3.63, 3.8) is 0 Å². The normalized spacial score (nSPS) is 10.4. The molecular weight excluding hydrogens is 275 g/mol. The Morgan fingerprint density at radius 2 is 2.00 bits per heavy atom. The first kappa shape index (κ1) is 11.0. The average Bonchev–Trinajstić information content (AvgIpc) is 2.59. The fraction of sp³-hybridized carbons (Fsp3) is 0.0909. The van der Waals surface area contributed by atoms with Crippen molar-refractivity contribution in [1.29, 1.82) is 0 Å². The molecule has 0 atom stereocenters. The van der Waals surface area contributed by atoms with Crippen molar-refractivity contribution in [3.8, 4) is 0 Å². The molecule has 3 nitrogen and oxygen atoms in total. The smallest absolute Gasteiger partial charge is 0.212 e. The monoisotopic (exact) mass is 282 g/mol. The molecular formula is C11H8BrFN2O. The van der Waals surface area contributed by atoms with Crippen LogP contribution >= 0.6 is 15.9 Å². The van der Waals surface area contributed by atoms with Crippen LogP contribution in [0.1, 0.15) is 16.1 Å². The maximum atomic E-state index is 12.7. The molecule has 1 aromatic carbocycles. The molecule has 0 amide bonds. The molecule has 0 fully saturated rings. The fourth-order valence-corrected chi connectivity index (χ4v) is 1.93. The Balaban J connectivity index is 2.43. The largest absolute Gasteiger partial charge is 0.287 e. The minimum atomic E-state index is -0.361. The summed E-state index contributed by atoms with van der Waals surface area (Å²) in [5.41, 5.74) is 0.886. The molecule has 0 unspecified atom stereocenters. The summed E-state index contributed by atoms with van der Waals surface area (Å²) in [6, 6.07) is 5.43. The highest BCUT2D eigenvalue weighted by Crippen LogP contribution is 2.19. The van der Waals surface area contributed by atoms with Crippen LogP contribution in [0.5, 0.6) is 0 Å². The molecule has 0 bridgehead atoms. The summed E-state index contributed by atoms with van der Waals surface area (Å²) in [4.78, 5) is 12.0. The number of rotatable bonds is 2. The minimum Gasteiger partial charge on any atom is -0.287 e. The van der Waals surface area contributed by atoms with E-state index in [1.807, 2.05) is 0 Å². The number of carbonyl (C=O) groups is 1. The van der Waals surface area contributed by atoms with Gasteiger partial charge in [-0.1, -0.05) is 0 Å². The van der Waals surface area contributed by atoms with Crippen LogP contribution in [-0.4, -0.2) is 15.6 Å². The highest BCUT2D eigenvalue weighted by atomic mass is 79.9. The molecule has 0 saturated heterocycles. The maximum absolute atomic E-state index is 12.7. The molecule has 0 spiro atoms. The second-order valence-corrected chi connectivity index (χ2v) is 4.16. The van der Waals surface area contributed by atoms with Crippen molar-refractivity contribution < 1.29 is 9.18 Å². The van der Waals surface area contributed by atoms with E-state index in [2.05, 4.69) is 21.0 Å². The first-order valence-corrected chi connectivity index (χ1v) is 5.36. The molecule has 1 aromatic heterocycles. The van der Waals surface area contributed by atoms with Crippen molar-refractivity contribution in [2.45, 2.75) is 0 Å². The molecule has 5 heteroatoms. The Morgan fingerprint density at radius 1 is 1.38 bits per heavy atom. The van der Waals surface area contributed by atoms with Gasteiger partial charge in [-0.2, -0.15) is 5.10 Å². The summed E-state index contributed by atoms with van der Waals surface area (Å²) in [6.07, 6.45) is 1.55. The van der Waals surface area contributed by atoms with Crippen LogP contribution in [0.4, 0.5) is 4.39 Å². The number of ketones is 1. The van der Waals surface area contributed by atoms with E-state index in [1.165, 1.54) is 28.9 Å². The summed E-state index contributed by atoms with van der Waals surface area (Å²) in [5, 5.41) is 3.96. The predicted molar refractivity (Wildman–Crippen MR) is 60.7 cm³/mol. The lowest BCUT2D eigenvalue weighted by Crippen LogP contribution is -2.08. The number of aryl methyl sites for hydroxylation is 1. The summed E-state index contributed by atoms with van der Waals surface area (Å²) in [5.74, 6) is -0.549. The average molecular weight is 283 g/mol. The Kier molecular flexibility index (Phi) is 2.87. The fourth-order valence-electron chi connectivity index (χ4n) is 1.40. The minimum absolute atomic E-state index is 0.188. The zero-order chi connectivity index (χ0) is 11.7. The Morgan fingerprint density at radius 3 is 2.50 bits per heavy atom. The van der Waals surface area contributed by atoms with Crippen molar-refractivity contribution >= 4 is 21.7 Å². The van der Waals surface area contributed by atoms with E-state index in [0.29, 0.717) is 15.7 Å². The van der Waals surface area contributed by atoms with Crippen LogP contribution in [0.15, 0.2) is 34.9 Å². The van der Waals surface area contributed by atoms with Gasteiger partial charge in [-0.25, -0.2) is 4.39 Å². The van der Waals surface area contributed by atoms with Gasteiger partial charge in [0.25, 0.3) is 0 Å². The van der Waals surface area contributed by atoms with E-state index in [9.17, 15) is 9.18 Å². The van der Waals surface area contributed by atoms with Gasteiger partial charge < -0.3 is 0 Å². The Bertz CT molecular complexity index is 514. The lowest BCUT2D eigenvalue weighted by molar-refractivity contribution is 0.102. The van der Waals surface area contributed by atoms with Crippen LogP contribution in [0.25, 0.3) is 0 Å².